The fourth-order valence-electron chi connectivity index (χ4n) is 2.52. The average molecular weight is 464 g/mol. The molecule has 28 heavy (non-hydrogen) atoms. The third-order valence-corrected chi connectivity index (χ3v) is 10.5. The van der Waals surface area contributed by atoms with Gasteiger partial charge in [-0.1, -0.05) is 32.9 Å². The van der Waals surface area contributed by atoms with Crippen LogP contribution in [0.1, 0.15) is 36.7 Å². The zero-order chi connectivity index (χ0) is 20.5. The molecule has 1 heterocycles. The van der Waals surface area contributed by atoms with Crippen LogP contribution in [0.5, 0.6) is 11.5 Å². The summed E-state index contributed by atoms with van der Waals surface area (Å²) in [6.07, 6.45) is 0. The lowest BCUT2D eigenvalue weighted by Gasteiger charge is -2.36. The maximum Gasteiger partial charge on any atom is 0.260 e. The van der Waals surface area contributed by atoms with Gasteiger partial charge in [0, 0.05) is 10.2 Å². The van der Waals surface area contributed by atoms with Crippen LogP contribution in [0.4, 0.5) is 5.69 Å². The van der Waals surface area contributed by atoms with Gasteiger partial charge in [0.1, 0.15) is 0 Å². The highest BCUT2D eigenvalue weighted by atomic mass is 79.9. The molecule has 0 aliphatic carbocycles. The van der Waals surface area contributed by atoms with Crippen LogP contribution in [-0.2, 0) is 11.0 Å². The number of fused-ring (bicyclic) bond motifs is 1. The molecule has 2 aromatic carbocycles. The van der Waals surface area contributed by atoms with Gasteiger partial charge in [0.25, 0.3) is 5.91 Å². The molecule has 3 rings (SSSR count). The van der Waals surface area contributed by atoms with Crippen molar-refractivity contribution in [3.63, 3.8) is 0 Å². The van der Waals surface area contributed by atoms with Gasteiger partial charge in [0.15, 0.2) is 19.8 Å². The summed E-state index contributed by atoms with van der Waals surface area (Å²) in [4.78, 5) is 12.8. The first-order valence-electron chi connectivity index (χ1n) is 9.21. The Morgan fingerprint density at radius 3 is 2.46 bits per heavy atom. The van der Waals surface area contributed by atoms with Crippen molar-refractivity contribution in [2.75, 3.05) is 12.1 Å². The normalized spacial score (nSPS) is 13.5. The summed E-state index contributed by atoms with van der Waals surface area (Å²) in [5.41, 5.74) is 2.23. The zero-order valence-corrected chi connectivity index (χ0v) is 19.5. The van der Waals surface area contributed by atoms with Crippen molar-refractivity contribution >= 4 is 35.8 Å². The number of carbonyl (C=O) groups excluding carboxylic acids is 1. The molecule has 1 N–H and O–H groups in total. The molecule has 0 unspecified atom stereocenters. The Hall–Kier alpha value is -1.83. The Bertz CT molecular complexity index is 875. The van der Waals surface area contributed by atoms with Gasteiger partial charge in [-0.05, 0) is 63.9 Å². The standard InChI is InChI=1S/C21H26BrNO4Si/c1-21(2,3)28(4,5)27-12-14-6-8-15(9-7-14)23-20(24)18-16(22)10-11-17-19(18)26-13-25-17/h6-11H,12-13H2,1-5H3,(H,23,24). The van der Waals surface area contributed by atoms with Crippen LogP contribution in [0.3, 0.4) is 0 Å². The van der Waals surface area contributed by atoms with Crippen molar-refractivity contribution in [1.29, 1.82) is 0 Å². The molecule has 2 aromatic rings. The number of rotatable bonds is 5. The van der Waals surface area contributed by atoms with E-state index < -0.39 is 8.32 Å². The Kier molecular flexibility index (Phi) is 5.88. The predicted octanol–water partition coefficient (Wildman–Crippen LogP) is 5.95. The van der Waals surface area contributed by atoms with Crippen LogP contribution in [0.15, 0.2) is 40.9 Å². The van der Waals surface area contributed by atoms with Gasteiger partial charge in [-0.15, -0.1) is 0 Å². The van der Waals surface area contributed by atoms with E-state index in [9.17, 15) is 4.79 Å². The third-order valence-electron chi connectivity index (χ3n) is 5.33. The summed E-state index contributed by atoms with van der Waals surface area (Å²) < 4.78 is 17.7. The summed E-state index contributed by atoms with van der Waals surface area (Å²) in [5, 5.41) is 3.09. The monoisotopic (exact) mass is 463 g/mol. The smallest absolute Gasteiger partial charge is 0.260 e. The first kappa shape index (κ1) is 20.9. The van der Waals surface area contributed by atoms with E-state index in [0.29, 0.717) is 33.8 Å². The van der Waals surface area contributed by atoms with Crippen molar-refractivity contribution in [2.45, 2.75) is 45.5 Å². The van der Waals surface area contributed by atoms with E-state index in [0.717, 1.165) is 5.56 Å². The summed E-state index contributed by atoms with van der Waals surface area (Å²) >= 11 is 3.42. The molecule has 0 saturated carbocycles. The third kappa shape index (κ3) is 4.42. The zero-order valence-electron chi connectivity index (χ0n) is 16.9. The van der Waals surface area contributed by atoms with Crippen LogP contribution in [-0.4, -0.2) is 21.0 Å². The topological polar surface area (TPSA) is 56.8 Å². The van der Waals surface area contributed by atoms with Gasteiger partial charge in [-0.25, -0.2) is 0 Å². The minimum Gasteiger partial charge on any atom is -0.454 e. The summed E-state index contributed by atoms with van der Waals surface area (Å²) in [6, 6.07) is 11.3. The average Bonchev–Trinajstić information content (AvgIpc) is 3.08. The van der Waals surface area contributed by atoms with Gasteiger partial charge in [0.2, 0.25) is 6.79 Å². The van der Waals surface area contributed by atoms with Gasteiger partial charge < -0.3 is 19.2 Å². The molecule has 150 valence electrons. The van der Waals surface area contributed by atoms with Crippen LogP contribution in [0, 0.1) is 0 Å². The minimum absolute atomic E-state index is 0.120. The number of hydrogen-bond acceptors (Lipinski definition) is 4. The van der Waals surface area contributed by atoms with Crippen LogP contribution in [0.25, 0.3) is 0 Å². The predicted molar refractivity (Wildman–Crippen MR) is 117 cm³/mol. The van der Waals surface area contributed by atoms with Crippen LogP contribution < -0.4 is 14.8 Å². The lowest BCUT2D eigenvalue weighted by Crippen LogP contribution is -2.40. The van der Waals surface area contributed by atoms with Crippen molar-refractivity contribution in [2.24, 2.45) is 0 Å². The van der Waals surface area contributed by atoms with Crippen LogP contribution in [0.2, 0.25) is 18.1 Å². The number of halogens is 1. The molecule has 1 amide bonds. The number of carbonyl (C=O) groups is 1. The minimum atomic E-state index is -1.79. The highest BCUT2D eigenvalue weighted by molar-refractivity contribution is 9.10. The fraction of sp³-hybridized carbons (Fsp3) is 0.381. The number of amides is 1. The number of hydrogen-bond donors (Lipinski definition) is 1. The van der Waals surface area contributed by atoms with Gasteiger partial charge in [0.05, 0.1) is 12.2 Å². The number of benzene rings is 2. The molecule has 0 spiro atoms. The first-order valence-corrected chi connectivity index (χ1v) is 12.9. The van der Waals surface area contributed by atoms with Gasteiger partial charge >= 0.3 is 0 Å². The second-order valence-electron chi connectivity index (χ2n) is 8.36. The molecule has 5 nitrogen and oxygen atoms in total. The van der Waals surface area contributed by atoms with Crippen molar-refractivity contribution in [3.05, 3.63) is 52.0 Å². The Morgan fingerprint density at radius 1 is 1.14 bits per heavy atom. The van der Waals surface area contributed by atoms with E-state index in [1.807, 2.05) is 24.3 Å². The lowest BCUT2D eigenvalue weighted by molar-refractivity contribution is 0.102. The molecular formula is C21H26BrNO4Si. The van der Waals surface area contributed by atoms with E-state index >= 15 is 0 Å². The van der Waals surface area contributed by atoms with E-state index in [1.165, 1.54) is 0 Å². The van der Waals surface area contributed by atoms with Gasteiger partial charge in [-0.2, -0.15) is 0 Å². The fourth-order valence-corrected chi connectivity index (χ4v) is 3.97. The number of ether oxygens (including phenoxy) is 2. The molecule has 7 heteroatoms. The second kappa shape index (κ2) is 7.89. The van der Waals surface area contributed by atoms with Crippen molar-refractivity contribution in [1.82, 2.24) is 0 Å². The SMILES string of the molecule is CC(C)(C)[Si](C)(C)OCc1ccc(NC(=O)c2c(Br)ccc3c2OCO3)cc1. The summed E-state index contributed by atoms with van der Waals surface area (Å²) in [7, 11) is -1.79. The molecule has 0 atom stereocenters. The lowest BCUT2D eigenvalue weighted by atomic mass is 10.1. The van der Waals surface area contributed by atoms with Gasteiger partial charge in [-0.3, -0.25) is 4.79 Å². The molecular weight excluding hydrogens is 438 g/mol. The van der Waals surface area contributed by atoms with E-state index in [4.69, 9.17) is 13.9 Å². The number of nitrogens with one attached hydrogen (secondary N) is 1. The van der Waals surface area contributed by atoms with E-state index in [-0.39, 0.29) is 17.7 Å². The maximum absolute atomic E-state index is 12.8. The molecule has 0 aromatic heterocycles. The largest absolute Gasteiger partial charge is 0.454 e. The summed E-state index contributed by atoms with van der Waals surface area (Å²) in [5.74, 6) is 0.789. The van der Waals surface area contributed by atoms with E-state index in [2.05, 4.69) is 55.1 Å². The van der Waals surface area contributed by atoms with E-state index in [1.54, 1.807) is 12.1 Å². The first-order chi connectivity index (χ1) is 13.1. The second-order valence-corrected chi connectivity index (χ2v) is 14.0. The Morgan fingerprint density at radius 2 is 1.82 bits per heavy atom. The quantitative estimate of drug-likeness (QED) is 0.556. The molecule has 0 bridgehead atoms. The highest BCUT2D eigenvalue weighted by Crippen LogP contribution is 2.40. The molecule has 0 fully saturated rings. The van der Waals surface area contributed by atoms with Crippen molar-refractivity contribution < 1.29 is 18.7 Å². The summed E-state index contributed by atoms with van der Waals surface area (Å²) in [6.45, 7) is 11.9. The highest BCUT2D eigenvalue weighted by Gasteiger charge is 2.37. The molecule has 0 radical (unpaired) electrons. The van der Waals surface area contributed by atoms with Crippen LogP contribution >= 0.6 is 15.9 Å². The van der Waals surface area contributed by atoms with Crippen molar-refractivity contribution in [3.8, 4) is 11.5 Å². The maximum atomic E-state index is 12.8. The molecule has 0 saturated heterocycles. The Labute approximate surface area is 175 Å². The molecule has 1 aliphatic heterocycles. The molecule has 1 aliphatic rings. The Balaban J connectivity index is 1.67. The number of anilines is 1.